The summed E-state index contributed by atoms with van der Waals surface area (Å²) in [6, 6.07) is 19.5. The van der Waals surface area contributed by atoms with Crippen LogP contribution < -0.4 is 15.0 Å². The van der Waals surface area contributed by atoms with Crippen LogP contribution in [0, 0.1) is 5.41 Å². The van der Waals surface area contributed by atoms with Gasteiger partial charge in [0.25, 0.3) is 5.91 Å². The van der Waals surface area contributed by atoms with Crippen molar-refractivity contribution in [1.29, 1.82) is 0 Å². The van der Waals surface area contributed by atoms with Gasteiger partial charge in [-0.2, -0.15) is 0 Å². The molecule has 0 radical (unpaired) electrons. The minimum Gasteiger partial charge on any atom is -0.457 e. The van der Waals surface area contributed by atoms with Gasteiger partial charge in [-0.05, 0) is 79.8 Å². The quantitative estimate of drug-likeness (QED) is 0.335. The van der Waals surface area contributed by atoms with Gasteiger partial charge in [0, 0.05) is 56.6 Å². The predicted molar refractivity (Wildman–Crippen MR) is 157 cm³/mol. The molecule has 8 nitrogen and oxygen atoms in total. The smallest absolute Gasteiger partial charge is 0.270 e. The molecule has 2 saturated heterocycles. The van der Waals surface area contributed by atoms with E-state index in [9.17, 15) is 4.79 Å². The SMILES string of the molecule is O=C(NC1CCc2ccc(N3CCC4(CCOCC4)CC3)cc2-n2ccnc21)c1cc(Oc2ccccc2)ccn1. The number of imidazole rings is 1. The molecule has 2 fully saturated rings. The maximum Gasteiger partial charge on any atom is 0.270 e. The molecule has 210 valence electrons. The van der Waals surface area contributed by atoms with Crippen LogP contribution >= 0.6 is 0 Å². The van der Waals surface area contributed by atoms with Crippen LogP contribution in [-0.2, 0) is 11.2 Å². The zero-order valence-electron chi connectivity index (χ0n) is 23.2. The summed E-state index contributed by atoms with van der Waals surface area (Å²) in [5.74, 6) is 1.87. The standard InChI is InChI=1S/C33H35N5O3/c39-32(29-23-27(10-15-34-29)41-26-4-2-1-3-5-26)36-28-9-7-24-6-8-25(22-30(24)38-19-16-35-31(28)38)37-17-11-33(12-18-37)13-20-40-21-14-33/h1-6,8,10,15-16,19,22-23,28H,7,9,11-14,17-18,20-21H2,(H,36,39). The first-order valence-corrected chi connectivity index (χ1v) is 14.6. The number of amides is 1. The number of anilines is 1. The largest absolute Gasteiger partial charge is 0.457 e. The zero-order valence-corrected chi connectivity index (χ0v) is 23.2. The number of piperidine rings is 1. The lowest BCUT2D eigenvalue weighted by atomic mass is 9.72. The second-order valence-corrected chi connectivity index (χ2v) is 11.4. The van der Waals surface area contributed by atoms with Gasteiger partial charge in [-0.25, -0.2) is 4.98 Å². The molecule has 3 aliphatic heterocycles. The number of carbonyl (C=O) groups excluding carboxylic acids is 1. The highest BCUT2D eigenvalue weighted by Gasteiger charge is 2.36. The Morgan fingerprint density at radius 2 is 1.76 bits per heavy atom. The number of hydrogen-bond donors (Lipinski definition) is 1. The number of hydrogen-bond acceptors (Lipinski definition) is 6. The van der Waals surface area contributed by atoms with E-state index in [-0.39, 0.29) is 11.9 Å². The summed E-state index contributed by atoms with van der Waals surface area (Å²) in [5, 5.41) is 3.19. The van der Waals surface area contributed by atoms with Crippen molar-refractivity contribution in [1.82, 2.24) is 19.9 Å². The molecule has 0 aliphatic carbocycles. The molecule has 3 aliphatic rings. The fourth-order valence-corrected chi connectivity index (χ4v) is 6.53. The van der Waals surface area contributed by atoms with E-state index in [1.807, 2.05) is 42.7 Å². The van der Waals surface area contributed by atoms with Crippen molar-refractivity contribution in [2.75, 3.05) is 31.2 Å². The van der Waals surface area contributed by atoms with Gasteiger partial charge in [-0.1, -0.05) is 24.3 Å². The van der Waals surface area contributed by atoms with Gasteiger partial charge in [0.1, 0.15) is 23.0 Å². The lowest BCUT2D eigenvalue weighted by Gasteiger charge is -2.45. The van der Waals surface area contributed by atoms with E-state index < -0.39 is 0 Å². The van der Waals surface area contributed by atoms with Crippen molar-refractivity contribution >= 4 is 11.6 Å². The number of carbonyl (C=O) groups is 1. The van der Waals surface area contributed by atoms with Crippen molar-refractivity contribution < 1.29 is 14.3 Å². The minimum atomic E-state index is -0.245. The van der Waals surface area contributed by atoms with Crippen LogP contribution in [0.2, 0.25) is 0 Å². The van der Waals surface area contributed by atoms with Crippen LogP contribution in [0.3, 0.4) is 0 Å². The van der Waals surface area contributed by atoms with Crippen LogP contribution in [0.1, 0.15) is 60.0 Å². The second-order valence-electron chi connectivity index (χ2n) is 11.4. The molecule has 1 N–H and O–H groups in total. The van der Waals surface area contributed by atoms with Gasteiger partial charge in [0.2, 0.25) is 0 Å². The molecule has 41 heavy (non-hydrogen) atoms. The fraction of sp³-hybridized carbons (Fsp3) is 0.364. The lowest BCUT2D eigenvalue weighted by molar-refractivity contribution is 0.00212. The highest BCUT2D eigenvalue weighted by Crippen LogP contribution is 2.42. The van der Waals surface area contributed by atoms with E-state index in [4.69, 9.17) is 14.5 Å². The summed E-state index contributed by atoms with van der Waals surface area (Å²) in [6.07, 6.45) is 11.9. The Morgan fingerprint density at radius 3 is 2.59 bits per heavy atom. The molecule has 1 spiro atoms. The third-order valence-electron chi connectivity index (χ3n) is 9.00. The molecule has 4 aromatic rings. The summed E-state index contributed by atoms with van der Waals surface area (Å²) in [7, 11) is 0. The summed E-state index contributed by atoms with van der Waals surface area (Å²) in [4.78, 5) is 24.9. The Balaban J connectivity index is 1.08. The molecule has 2 aromatic carbocycles. The molecule has 1 amide bonds. The van der Waals surface area contributed by atoms with E-state index in [2.05, 4.69) is 38.0 Å². The number of aromatic nitrogens is 3. The number of para-hydroxylation sites is 1. The number of benzene rings is 2. The van der Waals surface area contributed by atoms with Crippen molar-refractivity contribution in [2.24, 2.45) is 5.41 Å². The molecule has 1 unspecified atom stereocenters. The molecule has 1 atom stereocenters. The van der Waals surface area contributed by atoms with Crippen LogP contribution in [-0.4, -0.2) is 46.7 Å². The number of fused-ring (bicyclic) bond motifs is 3. The van der Waals surface area contributed by atoms with Gasteiger partial charge in [0.05, 0.1) is 11.7 Å². The molecule has 0 bridgehead atoms. The summed E-state index contributed by atoms with van der Waals surface area (Å²) in [6.45, 7) is 3.97. The van der Waals surface area contributed by atoms with Crippen molar-refractivity contribution in [2.45, 2.75) is 44.6 Å². The maximum atomic E-state index is 13.3. The Hall–Kier alpha value is -4.17. The van der Waals surface area contributed by atoms with Crippen LogP contribution in [0.25, 0.3) is 5.69 Å². The molecule has 2 aromatic heterocycles. The molecule has 0 saturated carbocycles. The Kier molecular flexibility index (Phi) is 6.92. The lowest BCUT2D eigenvalue weighted by Crippen LogP contribution is -2.43. The van der Waals surface area contributed by atoms with Crippen LogP contribution in [0.15, 0.2) is 79.3 Å². The number of rotatable bonds is 5. The molecule has 7 rings (SSSR count). The summed E-state index contributed by atoms with van der Waals surface area (Å²) in [5.41, 5.74) is 4.44. The van der Waals surface area contributed by atoms with Crippen LogP contribution in [0.4, 0.5) is 5.69 Å². The minimum absolute atomic E-state index is 0.239. The molecular formula is C33H35N5O3. The van der Waals surface area contributed by atoms with Gasteiger partial charge >= 0.3 is 0 Å². The number of nitrogens with zero attached hydrogens (tertiary/aromatic N) is 4. The monoisotopic (exact) mass is 549 g/mol. The topological polar surface area (TPSA) is 81.5 Å². The van der Waals surface area contributed by atoms with Crippen molar-refractivity contribution in [3.05, 3.63) is 96.3 Å². The first-order valence-electron chi connectivity index (χ1n) is 14.6. The Labute approximate surface area is 240 Å². The van der Waals surface area contributed by atoms with E-state index in [0.29, 0.717) is 22.6 Å². The highest BCUT2D eigenvalue weighted by atomic mass is 16.5. The zero-order chi connectivity index (χ0) is 27.6. The van der Waals surface area contributed by atoms with Crippen molar-refractivity contribution in [3.8, 4) is 17.2 Å². The molecule has 8 heteroatoms. The van der Waals surface area contributed by atoms with Gasteiger partial charge < -0.3 is 24.3 Å². The fourth-order valence-electron chi connectivity index (χ4n) is 6.53. The van der Waals surface area contributed by atoms with E-state index >= 15 is 0 Å². The number of nitrogens with one attached hydrogen (secondary N) is 1. The molecular weight excluding hydrogens is 514 g/mol. The average Bonchev–Trinajstić information content (AvgIpc) is 3.45. The van der Waals surface area contributed by atoms with Crippen LogP contribution in [0.5, 0.6) is 11.5 Å². The van der Waals surface area contributed by atoms with Gasteiger partial charge in [-0.3, -0.25) is 9.78 Å². The average molecular weight is 550 g/mol. The maximum absolute atomic E-state index is 13.3. The van der Waals surface area contributed by atoms with Gasteiger partial charge in [-0.15, -0.1) is 0 Å². The molecule has 5 heterocycles. The third-order valence-corrected chi connectivity index (χ3v) is 9.00. The van der Waals surface area contributed by atoms with Crippen molar-refractivity contribution in [3.63, 3.8) is 0 Å². The van der Waals surface area contributed by atoms with E-state index in [1.54, 1.807) is 18.3 Å². The summed E-state index contributed by atoms with van der Waals surface area (Å²) < 4.78 is 13.7. The number of ether oxygens (including phenoxy) is 2. The summed E-state index contributed by atoms with van der Waals surface area (Å²) >= 11 is 0. The number of aryl methyl sites for hydroxylation is 1. The predicted octanol–water partition coefficient (Wildman–Crippen LogP) is 5.87. The first kappa shape index (κ1) is 25.8. The highest BCUT2D eigenvalue weighted by molar-refractivity contribution is 5.92. The first-order chi connectivity index (χ1) is 20.2. The van der Waals surface area contributed by atoms with E-state index in [0.717, 1.165) is 50.7 Å². The third kappa shape index (κ3) is 5.32. The van der Waals surface area contributed by atoms with E-state index in [1.165, 1.54) is 36.9 Å². The van der Waals surface area contributed by atoms with Gasteiger partial charge in [0.15, 0.2) is 0 Å². The second kappa shape index (κ2) is 11.0. The normalized spacial score (nSPS) is 19.6. The Bertz CT molecular complexity index is 1520. The number of pyridine rings is 1. The Morgan fingerprint density at radius 1 is 0.927 bits per heavy atom.